The largest absolute Gasteiger partial charge is 0.488 e. The summed E-state index contributed by atoms with van der Waals surface area (Å²) in [5.41, 5.74) is 3.92. The minimum atomic E-state index is -0.335. The second-order valence-electron chi connectivity index (χ2n) is 9.24. The fourth-order valence-electron chi connectivity index (χ4n) is 4.91. The molecule has 1 unspecified atom stereocenters. The molecule has 184 valence electrons. The Bertz CT molecular complexity index is 1390. The molecule has 7 nitrogen and oxygen atoms in total. The summed E-state index contributed by atoms with van der Waals surface area (Å²) in [6.07, 6.45) is 2.89. The van der Waals surface area contributed by atoms with Crippen LogP contribution < -0.4 is 9.47 Å². The van der Waals surface area contributed by atoms with Crippen molar-refractivity contribution in [2.24, 2.45) is 0 Å². The summed E-state index contributed by atoms with van der Waals surface area (Å²) in [6, 6.07) is 15.7. The molecule has 0 saturated carbocycles. The van der Waals surface area contributed by atoms with Crippen LogP contribution in [0, 0.1) is 12.7 Å². The van der Waals surface area contributed by atoms with Crippen LogP contribution in [0.5, 0.6) is 11.5 Å². The van der Waals surface area contributed by atoms with Crippen LogP contribution in [0.1, 0.15) is 33.5 Å². The van der Waals surface area contributed by atoms with E-state index in [1.54, 1.807) is 17.4 Å². The average Bonchev–Trinajstić information content (AvgIpc) is 3.65. The van der Waals surface area contributed by atoms with Gasteiger partial charge in [-0.05, 0) is 48.7 Å². The first-order chi connectivity index (χ1) is 17.6. The maximum Gasteiger partial charge on any atom is 0.178 e. The van der Waals surface area contributed by atoms with E-state index in [1.807, 2.05) is 24.3 Å². The lowest BCUT2D eigenvalue weighted by Gasteiger charge is -2.23. The van der Waals surface area contributed by atoms with E-state index < -0.39 is 0 Å². The zero-order chi connectivity index (χ0) is 24.5. The van der Waals surface area contributed by atoms with Crippen LogP contribution in [-0.2, 0) is 6.61 Å². The minimum absolute atomic E-state index is 0.272. The number of nitrogens with one attached hydrogen (secondary N) is 1. The summed E-state index contributed by atoms with van der Waals surface area (Å²) in [7, 11) is 0. The number of tetrazole rings is 1. The van der Waals surface area contributed by atoms with Crippen molar-refractivity contribution >= 4 is 17.4 Å². The summed E-state index contributed by atoms with van der Waals surface area (Å²) in [5, 5.41) is 14.4. The van der Waals surface area contributed by atoms with E-state index in [9.17, 15) is 0 Å². The van der Waals surface area contributed by atoms with Gasteiger partial charge in [0.05, 0.1) is 5.56 Å². The number of likely N-dealkylation sites (tertiary alicyclic amines) is 1. The molecule has 2 aromatic heterocycles. The molecule has 0 amide bonds. The summed E-state index contributed by atoms with van der Waals surface area (Å²) in [6.45, 7) is 5.45. The first-order valence-corrected chi connectivity index (χ1v) is 12.8. The predicted molar refractivity (Wildman–Crippen MR) is 137 cm³/mol. The number of ether oxygens (including phenoxy) is 2. The molecule has 0 bridgehead atoms. The van der Waals surface area contributed by atoms with Crippen molar-refractivity contribution < 1.29 is 13.9 Å². The van der Waals surface area contributed by atoms with Gasteiger partial charge in [-0.15, -0.1) is 21.5 Å². The lowest BCUT2D eigenvalue weighted by Crippen LogP contribution is -2.26. The Hall–Kier alpha value is -3.56. The van der Waals surface area contributed by atoms with Crippen LogP contribution in [0.4, 0.5) is 4.39 Å². The van der Waals surface area contributed by atoms with Crippen LogP contribution >= 0.6 is 11.3 Å². The Labute approximate surface area is 212 Å². The first kappa shape index (κ1) is 22.9. The smallest absolute Gasteiger partial charge is 0.178 e. The Morgan fingerprint density at radius 3 is 2.94 bits per heavy atom. The summed E-state index contributed by atoms with van der Waals surface area (Å²) >= 11 is 1.70. The number of nitrogens with zero attached hydrogens (tertiary/aromatic N) is 4. The number of halogens is 1. The molecule has 4 heterocycles. The highest BCUT2D eigenvalue weighted by Gasteiger charge is 2.28. The number of aromatic amines is 1. The van der Waals surface area contributed by atoms with E-state index in [2.05, 4.69) is 50.6 Å². The quantitative estimate of drug-likeness (QED) is 0.373. The number of hydrogen-bond donors (Lipinski definition) is 1. The third-order valence-electron chi connectivity index (χ3n) is 6.69. The Balaban J connectivity index is 1.11. The second-order valence-corrected chi connectivity index (χ2v) is 10.6. The molecule has 0 spiro atoms. The van der Waals surface area contributed by atoms with E-state index in [-0.39, 0.29) is 11.7 Å². The van der Waals surface area contributed by atoms with Gasteiger partial charge in [-0.3, -0.25) is 4.90 Å². The number of H-pyrrole nitrogens is 1. The SMILES string of the molecule is Cc1sc(COc2cc(F)c3c(c2)OCC(CN2CCC(c4nn[nH]n4)C2)=C3)cc1-c1ccccc1. The zero-order valence-corrected chi connectivity index (χ0v) is 20.7. The predicted octanol–water partition coefficient (Wildman–Crippen LogP) is 5.22. The molecule has 1 atom stereocenters. The van der Waals surface area contributed by atoms with Gasteiger partial charge >= 0.3 is 0 Å². The van der Waals surface area contributed by atoms with E-state index >= 15 is 4.39 Å². The van der Waals surface area contributed by atoms with E-state index in [0.717, 1.165) is 42.3 Å². The third kappa shape index (κ3) is 4.76. The molecule has 2 aliphatic rings. The fourth-order valence-corrected chi connectivity index (χ4v) is 5.88. The van der Waals surface area contributed by atoms with Gasteiger partial charge in [0.25, 0.3) is 0 Å². The first-order valence-electron chi connectivity index (χ1n) is 12.0. The number of fused-ring (bicyclic) bond motifs is 1. The molecule has 1 N–H and O–H groups in total. The molecular weight excluding hydrogens is 477 g/mol. The number of aryl methyl sites for hydroxylation is 1. The van der Waals surface area contributed by atoms with E-state index in [1.165, 1.54) is 22.1 Å². The highest BCUT2D eigenvalue weighted by molar-refractivity contribution is 7.12. The number of aromatic nitrogens is 4. The highest BCUT2D eigenvalue weighted by Crippen LogP contribution is 2.35. The van der Waals surface area contributed by atoms with Crippen LogP contribution in [0.15, 0.2) is 54.1 Å². The van der Waals surface area contributed by atoms with Crippen molar-refractivity contribution in [3.63, 3.8) is 0 Å². The molecular formula is C27H26FN5O2S. The molecule has 0 aliphatic carbocycles. The zero-order valence-electron chi connectivity index (χ0n) is 19.9. The van der Waals surface area contributed by atoms with Gasteiger partial charge in [-0.25, -0.2) is 4.39 Å². The lowest BCUT2D eigenvalue weighted by atomic mass is 10.1. The van der Waals surface area contributed by atoms with Gasteiger partial charge in [-0.1, -0.05) is 35.5 Å². The van der Waals surface area contributed by atoms with Crippen molar-refractivity contribution in [2.75, 3.05) is 26.2 Å². The topological polar surface area (TPSA) is 76.2 Å². The highest BCUT2D eigenvalue weighted by atomic mass is 32.1. The molecule has 36 heavy (non-hydrogen) atoms. The molecule has 2 aromatic carbocycles. The number of benzene rings is 2. The number of thiophene rings is 1. The summed E-state index contributed by atoms with van der Waals surface area (Å²) in [4.78, 5) is 4.65. The maximum absolute atomic E-state index is 15.0. The fraction of sp³-hybridized carbons (Fsp3) is 0.296. The van der Waals surface area contributed by atoms with Gasteiger partial charge in [0.1, 0.15) is 30.5 Å². The van der Waals surface area contributed by atoms with Crippen LogP contribution in [0.25, 0.3) is 17.2 Å². The van der Waals surface area contributed by atoms with Crippen molar-refractivity contribution in [3.8, 4) is 22.6 Å². The molecule has 0 radical (unpaired) electrons. The van der Waals surface area contributed by atoms with Gasteiger partial charge in [0.15, 0.2) is 5.82 Å². The number of hydrogen-bond acceptors (Lipinski definition) is 7. The van der Waals surface area contributed by atoms with Crippen molar-refractivity contribution in [2.45, 2.75) is 25.9 Å². The molecule has 1 saturated heterocycles. The Kier molecular flexibility index (Phi) is 6.25. The standard InChI is InChI=1S/C27H26FN5O2S/c1-17-23(19-5-3-2-4-6-19)12-22(36-17)16-34-21-10-25(28)24-9-18(15-35-26(24)11-21)13-33-8-7-20(14-33)27-29-31-32-30-27/h2-6,9-12,20H,7-8,13-16H2,1H3,(H,29,30,31,32). The van der Waals surface area contributed by atoms with E-state index in [0.29, 0.717) is 30.3 Å². The Morgan fingerprint density at radius 2 is 2.11 bits per heavy atom. The molecule has 1 fully saturated rings. The normalized spacial score (nSPS) is 17.5. The van der Waals surface area contributed by atoms with Crippen LogP contribution in [0.3, 0.4) is 0 Å². The third-order valence-corrected chi connectivity index (χ3v) is 7.71. The maximum atomic E-state index is 15.0. The van der Waals surface area contributed by atoms with Gasteiger partial charge in [-0.2, -0.15) is 5.21 Å². The van der Waals surface area contributed by atoms with Crippen molar-refractivity contribution in [1.82, 2.24) is 25.5 Å². The van der Waals surface area contributed by atoms with Crippen LogP contribution in [-0.4, -0.2) is 51.8 Å². The molecule has 2 aliphatic heterocycles. The van der Waals surface area contributed by atoms with E-state index in [4.69, 9.17) is 9.47 Å². The van der Waals surface area contributed by atoms with Gasteiger partial charge in [0, 0.05) is 40.9 Å². The summed E-state index contributed by atoms with van der Waals surface area (Å²) in [5.74, 6) is 1.68. The van der Waals surface area contributed by atoms with Gasteiger partial charge in [0.2, 0.25) is 0 Å². The molecule has 4 aromatic rings. The van der Waals surface area contributed by atoms with Gasteiger partial charge < -0.3 is 9.47 Å². The van der Waals surface area contributed by atoms with Crippen LogP contribution in [0.2, 0.25) is 0 Å². The molecule has 9 heteroatoms. The summed E-state index contributed by atoms with van der Waals surface area (Å²) < 4.78 is 27.0. The van der Waals surface area contributed by atoms with Crippen molar-refractivity contribution in [1.29, 1.82) is 0 Å². The molecule has 6 rings (SSSR count). The van der Waals surface area contributed by atoms with Crippen molar-refractivity contribution in [3.05, 3.63) is 81.1 Å². The lowest BCUT2D eigenvalue weighted by molar-refractivity contribution is 0.292. The minimum Gasteiger partial charge on any atom is -0.488 e. The second kappa shape index (κ2) is 9.83. The Morgan fingerprint density at radius 1 is 1.22 bits per heavy atom. The average molecular weight is 504 g/mol. The number of rotatable bonds is 7. The monoisotopic (exact) mass is 503 g/mol.